The Morgan fingerprint density at radius 2 is 1.72 bits per heavy atom. The van der Waals surface area contributed by atoms with Crippen molar-refractivity contribution in [1.82, 2.24) is 4.72 Å². The van der Waals surface area contributed by atoms with Crippen molar-refractivity contribution in [3.63, 3.8) is 0 Å². The number of fused-ring (bicyclic) bond motifs is 1. The first-order chi connectivity index (χ1) is 11.8. The van der Waals surface area contributed by atoms with Crippen molar-refractivity contribution in [3.8, 4) is 0 Å². The van der Waals surface area contributed by atoms with Gasteiger partial charge in [0.2, 0.25) is 10.0 Å². The highest BCUT2D eigenvalue weighted by Gasteiger charge is 2.39. The van der Waals surface area contributed by atoms with Crippen LogP contribution in [0, 0.1) is 6.92 Å². The van der Waals surface area contributed by atoms with Crippen molar-refractivity contribution in [1.29, 1.82) is 0 Å². The number of para-hydroxylation sites is 1. The minimum absolute atomic E-state index is 0.152. The first kappa shape index (κ1) is 17.7. The molecule has 3 rings (SSSR count). The fourth-order valence-corrected chi connectivity index (χ4v) is 4.44. The summed E-state index contributed by atoms with van der Waals surface area (Å²) in [6.07, 6.45) is 2.06. The Labute approximate surface area is 150 Å². The molecule has 0 unspecified atom stereocenters. The standard InChI is InChI=1S/C20H24N2O2S/c1-5-19-20(3,4)17-8-6-7-9-18(17)22(19)14-21-25(23,24)16-12-10-15(2)11-13-16/h5-13,21H,14H2,1-4H3/b19-5-. The molecule has 0 spiro atoms. The summed E-state index contributed by atoms with van der Waals surface area (Å²) in [7, 11) is -3.55. The number of allylic oxidation sites excluding steroid dienone is 2. The molecule has 0 saturated heterocycles. The molecule has 0 bridgehead atoms. The zero-order valence-electron chi connectivity index (χ0n) is 15.1. The molecule has 1 heterocycles. The van der Waals surface area contributed by atoms with Gasteiger partial charge in [-0.05, 0) is 37.6 Å². The van der Waals surface area contributed by atoms with Gasteiger partial charge in [0, 0.05) is 16.8 Å². The van der Waals surface area contributed by atoms with Crippen LogP contribution in [0.4, 0.5) is 5.69 Å². The highest BCUT2D eigenvalue weighted by molar-refractivity contribution is 7.89. The van der Waals surface area contributed by atoms with Crippen LogP contribution in [0.15, 0.2) is 65.2 Å². The van der Waals surface area contributed by atoms with Gasteiger partial charge in [0.15, 0.2) is 0 Å². The maximum Gasteiger partial charge on any atom is 0.242 e. The molecule has 0 aliphatic carbocycles. The van der Waals surface area contributed by atoms with Crippen LogP contribution in [0.25, 0.3) is 0 Å². The van der Waals surface area contributed by atoms with Crippen LogP contribution in [-0.2, 0) is 15.4 Å². The first-order valence-corrected chi connectivity index (χ1v) is 9.86. The predicted octanol–water partition coefficient (Wildman–Crippen LogP) is 3.93. The third-order valence-corrected chi connectivity index (χ3v) is 6.22. The Hall–Kier alpha value is -2.11. The molecule has 5 heteroatoms. The molecule has 1 aliphatic rings. The number of sulfonamides is 1. The molecule has 2 aromatic rings. The second-order valence-corrected chi connectivity index (χ2v) is 8.63. The summed E-state index contributed by atoms with van der Waals surface area (Å²) in [5, 5.41) is 0. The molecule has 0 radical (unpaired) electrons. The lowest BCUT2D eigenvalue weighted by molar-refractivity contribution is 0.577. The first-order valence-electron chi connectivity index (χ1n) is 8.37. The fourth-order valence-electron chi connectivity index (χ4n) is 3.48. The molecule has 0 saturated carbocycles. The SMILES string of the molecule is C/C=C1\N(CNS(=O)(=O)c2ccc(C)cc2)c2ccccc2C1(C)C. The summed E-state index contributed by atoms with van der Waals surface area (Å²) >= 11 is 0. The van der Waals surface area contributed by atoms with Crippen molar-refractivity contribution in [2.45, 2.75) is 38.0 Å². The van der Waals surface area contributed by atoms with E-state index >= 15 is 0 Å². The van der Waals surface area contributed by atoms with E-state index in [-0.39, 0.29) is 17.0 Å². The maximum absolute atomic E-state index is 12.6. The Kier molecular flexibility index (Phi) is 4.47. The van der Waals surface area contributed by atoms with E-state index in [1.54, 1.807) is 24.3 Å². The summed E-state index contributed by atoms with van der Waals surface area (Å²) in [5.41, 5.74) is 4.23. The van der Waals surface area contributed by atoms with Gasteiger partial charge in [0.05, 0.1) is 11.6 Å². The summed E-state index contributed by atoms with van der Waals surface area (Å²) in [5.74, 6) is 0. The summed E-state index contributed by atoms with van der Waals surface area (Å²) < 4.78 is 28.0. The lowest BCUT2D eigenvalue weighted by Gasteiger charge is -2.27. The van der Waals surface area contributed by atoms with Crippen LogP contribution in [0.5, 0.6) is 0 Å². The topological polar surface area (TPSA) is 49.4 Å². The number of aryl methyl sites for hydroxylation is 1. The number of rotatable bonds is 4. The van der Waals surface area contributed by atoms with Crippen LogP contribution >= 0.6 is 0 Å². The molecule has 25 heavy (non-hydrogen) atoms. The number of benzene rings is 2. The molecule has 0 atom stereocenters. The second-order valence-electron chi connectivity index (χ2n) is 6.86. The number of nitrogens with zero attached hydrogens (tertiary/aromatic N) is 1. The third kappa shape index (κ3) is 3.10. The van der Waals surface area contributed by atoms with Gasteiger partial charge in [-0.25, -0.2) is 8.42 Å². The van der Waals surface area contributed by atoms with Crippen molar-refractivity contribution in [3.05, 3.63) is 71.4 Å². The van der Waals surface area contributed by atoms with Gasteiger partial charge in [0.25, 0.3) is 0 Å². The average Bonchev–Trinajstić information content (AvgIpc) is 2.80. The highest BCUT2D eigenvalue weighted by Crippen LogP contribution is 2.47. The van der Waals surface area contributed by atoms with E-state index in [0.717, 1.165) is 16.9 Å². The Morgan fingerprint density at radius 3 is 2.36 bits per heavy atom. The van der Waals surface area contributed by atoms with E-state index in [4.69, 9.17) is 0 Å². The predicted molar refractivity (Wildman–Crippen MR) is 102 cm³/mol. The van der Waals surface area contributed by atoms with Gasteiger partial charge in [-0.1, -0.05) is 55.8 Å². The second kappa shape index (κ2) is 6.32. The number of hydrogen-bond donors (Lipinski definition) is 1. The van der Waals surface area contributed by atoms with Crippen LogP contribution in [-0.4, -0.2) is 15.1 Å². The van der Waals surface area contributed by atoms with E-state index in [9.17, 15) is 8.42 Å². The average molecular weight is 356 g/mol. The molecule has 0 aromatic heterocycles. The molecular weight excluding hydrogens is 332 g/mol. The lowest BCUT2D eigenvalue weighted by atomic mass is 9.84. The van der Waals surface area contributed by atoms with Crippen LogP contribution in [0.1, 0.15) is 31.9 Å². The zero-order chi connectivity index (χ0) is 18.2. The van der Waals surface area contributed by atoms with Crippen LogP contribution in [0.3, 0.4) is 0 Å². The molecule has 4 nitrogen and oxygen atoms in total. The smallest absolute Gasteiger partial charge is 0.242 e. The van der Waals surface area contributed by atoms with Gasteiger partial charge in [-0.3, -0.25) is 0 Å². The van der Waals surface area contributed by atoms with Crippen LogP contribution in [0.2, 0.25) is 0 Å². The zero-order valence-corrected chi connectivity index (χ0v) is 15.9. The van der Waals surface area contributed by atoms with Crippen LogP contribution < -0.4 is 9.62 Å². The largest absolute Gasteiger partial charge is 0.330 e. The Morgan fingerprint density at radius 1 is 1.08 bits per heavy atom. The summed E-state index contributed by atoms with van der Waals surface area (Å²) in [6, 6.07) is 15.0. The normalized spacial score (nSPS) is 17.8. The summed E-state index contributed by atoms with van der Waals surface area (Å²) in [4.78, 5) is 2.33. The van der Waals surface area contributed by atoms with Gasteiger partial charge in [-0.15, -0.1) is 0 Å². The third-order valence-electron chi connectivity index (χ3n) is 4.82. The number of hydrogen-bond acceptors (Lipinski definition) is 3. The van der Waals surface area contributed by atoms with E-state index < -0.39 is 10.0 Å². The Balaban J connectivity index is 1.89. The molecule has 0 fully saturated rings. The van der Waals surface area contributed by atoms with E-state index in [0.29, 0.717) is 0 Å². The summed E-state index contributed by atoms with van der Waals surface area (Å²) in [6.45, 7) is 8.46. The molecule has 2 aromatic carbocycles. The molecule has 1 aliphatic heterocycles. The van der Waals surface area contributed by atoms with E-state index in [1.165, 1.54) is 5.56 Å². The van der Waals surface area contributed by atoms with E-state index in [1.807, 2.05) is 36.9 Å². The van der Waals surface area contributed by atoms with Gasteiger partial charge in [0.1, 0.15) is 0 Å². The molecule has 1 N–H and O–H groups in total. The molecule has 0 amide bonds. The van der Waals surface area contributed by atoms with Crippen molar-refractivity contribution >= 4 is 15.7 Å². The van der Waals surface area contributed by atoms with Crippen molar-refractivity contribution in [2.24, 2.45) is 0 Å². The molecule has 132 valence electrons. The maximum atomic E-state index is 12.6. The monoisotopic (exact) mass is 356 g/mol. The molecular formula is C20H24N2O2S. The van der Waals surface area contributed by atoms with Gasteiger partial charge in [-0.2, -0.15) is 4.72 Å². The minimum atomic E-state index is -3.55. The number of nitrogens with one attached hydrogen (secondary N) is 1. The number of anilines is 1. The fraction of sp³-hybridized carbons (Fsp3) is 0.300. The van der Waals surface area contributed by atoms with Gasteiger partial charge < -0.3 is 4.90 Å². The van der Waals surface area contributed by atoms with Crippen molar-refractivity contribution in [2.75, 3.05) is 11.6 Å². The van der Waals surface area contributed by atoms with E-state index in [2.05, 4.69) is 30.7 Å². The highest BCUT2D eigenvalue weighted by atomic mass is 32.2. The van der Waals surface area contributed by atoms with Gasteiger partial charge >= 0.3 is 0 Å². The Bertz CT molecular complexity index is 913. The van der Waals surface area contributed by atoms with Crippen molar-refractivity contribution < 1.29 is 8.42 Å². The minimum Gasteiger partial charge on any atom is -0.330 e. The quantitative estimate of drug-likeness (QED) is 0.903. The lowest BCUT2D eigenvalue weighted by Crippen LogP contribution is -2.37.